The van der Waals surface area contributed by atoms with E-state index in [0.717, 1.165) is 10.0 Å². The Morgan fingerprint density at radius 1 is 1.19 bits per heavy atom. The number of rotatable bonds is 7. The van der Waals surface area contributed by atoms with Gasteiger partial charge in [-0.2, -0.15) is 0 Å². The highest BCUT2D eigenvalue weighted by Gasteiger charge is 2.12. The molecule has 0 unspecified atom stereocenters. The topological polar surface area (TPSA) is 77.2 Å². The standard InChI is InChI=1S/C18H16BrN3O3S/c1-24-15-9-5-4-8-14(15)20-16(23)10-11-26-18-22-21-17(25-18)12-6-2-3-7-13(12)19/h2-9H,10-11H2,1H3,(H,20,23). The molecule has 0 spiro atoms. The van der Waals surface area contributed by atoms with Crippen molar-refractivity contribution in [2.75, 3.05) is 18.2 Å². The van der Waals surface area contributed by atoms with Crippen LogP contribution in [0, 0.1) is 0 Å². The predicted octanol–water partition coefficient (Wildman–Crippen LogP) is 4.63. The van der Waals surface area contributed by atoms with E-state index >= 15 is 0 Å². The van der Waals surface area contributed by atoms with E-state index in [1.807, 2.05) is 36.4 Å². The van der Waals surface area contributed by atoms with Gasteiger partial charge in [0.05, 0.1) is 18.4 Å². The molecule has 0 atom stereocenters. The van der Waals surface area contributed by atoms with Crippen molar-refractivity contribution in [3.05, 3.63) is 53.0 Å². The van der Waals surface area contributed by atoms with Crippen molar-refractivity contribution in [2.45, 2.75) is 11.6 Å². The molecular weight excluding hydrogens is 418 g/mol. The van der Waals surface area contributed by atoms with Crippen LogP contribution in [0.5, 0.6) is 5.75 Å². The van der Waals surface area contributed by atoms with Crippen molar-refractivity contribution in [1.82, 2.24) is 10.2 Å². The Labute approximate surface area is 163 Å². The molecular formula is C18H16BrN3O3S. The van der Waals surface area contributed by atoms with Gasteiger partial charge in [-0.1, -0.05) is 36.0 Å². The van der Waals surface area contributed by atoms with Gasteiger partial charge in [-0.3, -0.25) is 4.79 Å². The Hall–Kier alpha value is -2.32. The minimum Gasteiger partial charge on any atom is -0.495 e. The summed E-state index contributed by atoms with van der Waals surface area (Å²) in [5.74, 6) is 1.49. The molecule has 0 aliphatic rings. The maximum absolute atomic E-state index is 12.1. The van der Waals surface area contributed by atoms with Crippen molar-refractivity contribution >= 4 is 39.3 Å². The first-order valence-electron chi connectivity index (χ1n) is 7.81. The molecule has 0 bridgehead atoms. The van der Waals surface area contributed by atoms with Gasteiger partial charge in [-0.25, -0.2) is 0 Å². The predicted molar refractivity (Wildman–Crippen MR) is 104 cm³/mol. The average Bonchev–Trinajstić information content (AvgIpc) is 3.11. The molecule has 0 aliphatic carbocycles. The highest BCUT2D eigenvalue weighted by molar-refractivity contribution is 9.10. The van der Waals surface area contributed by atoms with Gasteiger partial charge in [0.1, 0.15) is 5.75 Å². The number of hydrogen-bond donors (Lipinski definition) is 1. The number of hydrogen-bond acceptors (Lipinski definition) is 6. The molecule has 134 valence electrons. The Kier molecular flexibility index (Phi) is 6.30. The van der Waals surface area contributed by atoms with E-state index in [-0.39, 0.29) is 5.91 Å². The van der Waals surface area contributed by atoms with Crippen LogP contribution in [0.25, 0.3) is 11.5 Å². The smallest absolute Gasteiger partial charge is 0.276 e. The van der Waals surface area contributed by atoms with E-state index in [4.69, 9.17) is 9.15 Å². The Bertz CT molecular complexity index is 901. The molecule has 26 heavy (non-hydrogen) atoms. The Balaban J connectivity index is 1.52. The number of carbonyl (C=O) groups is 1. The van der Waals surface area contributed by atoms with Gasteiger partial charge in [-0.05, 0) is 40.2 Å². The number of carbonyl (C=O) groups excluding carboxylic acids is 1. The highest BCUT2D eigenvalue weighted by Crippen LogP contribution is 2.29. The first-order chi connectivity index (χ1) is 12.7. The van der Waals surface area contributed by atoms with Gasteiger partial charge in [0.2, 0.25) is 11.8 Å². The highest BCUT2D eigenvalue weighted by atomic mass is 79.9. The van der Waals surface area contributed by atoms with Gasteiger partial charge in [0.15, 0.2) is 0 Å². The zero-order chi connectivity index (χ0) is 18.4. The number of benzene rings is 2. The summed E-state index contributed by atoms with van der Waals surface area (Å²) in [6.07, 6.45) is 0.315. The van der Waals surface area contributed by atoms with Gasteiger partial charge in [-0.15, -0.1) is 10.2 Å². The normalized spacial score (nSPS) is 10.5. The van der Waals surface area contributed by atoms with E-state index in [2.05, 4.69) is 31.4 Å². The van der Waals surface area contributed by atoms with Crippen LogP contribution in [-0.4, -0.2) is 29.0 Å². The molecule has 3 rings (SSSR count). The van der Waals surface area contributed by atoms with Crippen LogP contribution in [0.15, 0.2) is 62.6 Å². The average molecular weight is 434 g/mol. The molecule has 1 aromatic heterocycles. The first kappa shape index (κ1) is 18.5. The minimum absolute atomic E-state index is 0.104. The summed E-state index contributed by atoms with van der Waals surface area (Å²) in [5.41, 5.74) is 1.49. The molecule has 0 fully saturated rings. The van der Waals surface area contributed by atoms with Gasteiger partial charge >= 0.3 is 0 Å². The van der Waals surface area contributed by atoms with Gasteiger partial charge in [0, 0.05) is 16.6 Å². The van der Waals surface area contributed by atoms with E-state index in [1.165, 1.54) is 11.8 Å². The van der Waals surface area contributed by atoms with Crippen molar-refractivity contribution in [3.63, 3.8) is 0 Å². The summed E-state index contributed by atoms with van der Waals surface area (Å²) >= 11 is 4.80. The summed E-state index contributed by atoms with van der Waals surface area (Å²) in [4.78, 5) is 12.1. The lowest BCUT2D eigenvalue weighted by atomic mass is 10.2. The largest absolute Gasteiger partial charge is 0.495 e. The molecule has 0 saturated carbocycles. The number of aromatic nitrogens is 2. The minimum atomic E-state index is -0.104. The molecule has 8 heteroatoms. The van der Waals surface area contributed by atoms with E-state index in [9.17, 15) is 4.79 Å². The van der Waals surface area contributed by atoms with E-state index in [0.29, 0.717) is 34.7 Å². The van der Waals surface area contributed by atoms with Crippen LogP contribution < -0.4 is 10.1 Å². The molecule has 0 radical (unpaired) electrons. The van der Waals surface area contributed by atoms with Crippen LogP contribution in [-0.2, 0) is 4.79 Å². The van der Waals surface area contributed by atoms with Gasteiger partial charge < -0.3 is 14.5 Å². The number of para-hydroxylation sites is 2. The summed E-state index contributed by atoms with van der Waals surface area (Å²) in [6, 6.07) is 14.9. The summed E-state index contributed by atoms with van der Waals surface area (Å²) < 4.78 is 11.7. The second-order valence-corrected chi connectivity index (χ2v) is 7.10. The number of halogens is 1. The number of amides is 1. The van der Waals surface area contributed by atoms with Crippen LogP contribution in [0.4, 0.5) is 5.69 Å². The molecule has 0 aliphatic heterocycles. The second kappa shape index (κ2) is 8.86. The molecule has 6 nitrogen and oxygen atoms in total. The lowest BCUT2D eigenvalue weighted by molar-refractivity contribution is -0.115. The second-order valence-electron chi connectivity index (χ2n) is 5.20. The fourth-order valence-corrected chi connectivity index (χ4v) is 3.36. The zero-order valence-electron chi connectivity index (χ0n) is 13.9. The quantitative estimate of drug-likeness (QED) is 0.547. The van der Waals surface area contributed by atoms with Crippen LogP contribution in [0.2, 0.25) is 0 Å². The first-order valence-corrected chi connectivity index (χ1v) is 9.59. The van der Waals surface area contributed by atoms with Gasteiger partial charge in [0.25, 0.3) is 5.22 Å². The number of nitrogens with one attached hydrogen (secondary N) is 1. The third kappa shape index (κ3) is 4.64. The number of ether oxygens (including phenoxy) is 1. The Morgan fingerprint density at radius 2 is 1.96 bits per heavy atom. The molecule has 1 amide bonds. The third-order valence-electron chi connectivity index (χ3n) is 3.45. The van der Waals surface area contributed by atoms with E-state index < -0.39 is 0 Å². The Morgan fingerprint density at radius 3 is 2.77 bits per heavy atom. The molecule has 0 saturated heterocycles. The number of thioether (sulfide) groups is 1. The number of nitrogens with zero attached hydrogens (tertiary/aromatic N) is 2. The fourth-order valence-electron chi connectivity index (χ4n) is 2.20. The van der Waals surface area contributed by atoms with E-state index in [1.54, 1.807) is 19.2 Å². The van der Waals surface area contributed by atoms with Crippen LogP contribution in [0.3, 0.4) is 0 Å². The van der Waals surface area contributed by atoms with Crippen LogP contribution in [0.1, 0.15) is 6.42 Å². The lowest BCUT2D eigenvalue weighted by Crippen LogP contribution is -2.12. The molecule has 2 aromatic carbocycles. The summed E-state index contributed by atoms with van der Waals surface area (Å²) in [6.45, 7) is 0. The fraction of sp³-hybridized carbons (Fsp3) is 0.167. The maximum Gasteiger partial charge on any atom is 0.276 e. The number of anilines is 1. The van der Waals surface area contributed by atoms with Crippen molar-refractivity contribution in [1.29, 1.82) is 0 Å². The number of methoxy groups -OCH3 is 1. The third-order valence-corrected chi connectivity index (χ3v) is 4.96. The lowest BCUT2D eigenvalue weighted by Gasteiger charge is -2.09. The SMILES string of the molecule is COc1ccccc1NC(=O)CCSc1nnc(-c2ccccc2Br)o1. The summed E-state index contributed by atoms with van der Waals surface area (Å²) in [7, 11) is 1.57. The van der Waals surface area contributed by atoms with Crippen molar-refractivity contribution in [2.24, 2.45) is 0 Å². The molecule has 3 aromatic rings. The van der Waals surface area contributed by atoms with Crippen molar-refractivity contribution < 1.29 is 13.9 Å². The summed E-state index contributed by atoms with van der Waals surface area (Å²) in [5, 5.41) is 11.3. The molecule has 1 N–H and O–H groups in total. The van der Waals surface area contributed by atoms with Crippen LogP contribution >= 0.6 is 27.7 Å². The maximum atomic E-state index is 12.1. The van der Waals surface area contributed by atoms with Crippen molar-refractivity contribution in [3.8, 4) is 17.2 Å². The zero-order valence-corrected chi connectivity index (χ0v) is 16.3. The monoisotopic (exact) mass is 433 g/mol. The molecule has 1 heterocycles.